The highest BCUT2D eigenvalue weighted by molar-refractivity contribution is 7.80. The molecule has 1 N–H and O–H groups in total. The molecular formula is C17H22ClFN2S. The second-order valence-electron chi connectivity index (χ2n) is 7.90. The summed E-state index contributed by atoms with van der Waals surface area (Å²) in [5, 5.41) is 3.98. The first-order valence-corrected chi connectivity index (χ1v) is 8.49. The molecule has 1 saturated carbocycles. The summed E-state index contributed by atoms with van der Waals surface area (Å²) >= 11 is 11.3. The lowest BCUT2D eigenvalue weighted by atomic mass is 9.65. The molecule has 1 heterocycles. The lowest BCUT2D eigenvalue weighted by Gasteiger charge is -2.39. The number of nitrogens with one attached hydrogen (secondary N) is 1. The highest BCUT2D eigenvalue weighted by Crippen LogP contribution is 2.52. The van der Waals surface area contributed by atoms with E-state index in [2.05, 4.69) is 31.0 Å². The van der Waals surface area contributed by atoms with Gasteiger partial charge in [0.2, 0.25) is 0 Å². The van der Waals surface area contributed by atoms with Gasteiger partial charge in [-0.25, -0.2) is 4.39 Å². The molecule has 1 aliphatic heterocycles. The van der Waals surface area contributed by atoms with E-state index >= 15 is 0 Å². The van der Waals surface area contributed by atoms with Crippen LogP contribution in [0.3, 0.4) is 0 Å². The molecule has 120 valence electrons. The predicted molar refractivity (Wildman–Crippen MR) is 93.9 cm³/mol. The van der Waals surface area contributed by atoms with Crippen LogP contribution >= 0.6 is 23.8 Å². The fraction of sp³-hybridized carbons (Fsp3) is 0.588. The summed E-state index contributed by atoms with van der Waals surface area (Å²) in [6.45, 7) is 8.01. The number of rotatable bonds is 1. The average molecular weight is 341 g/mol. The fourth-order valence-electron chi connectivity index (χ4n) is 4.47. The topological polar surface area (TPSA) is 15.3 Å². The standard InChI is InChI=1S/C17H22ClFN2S/c1-16(2)7-12-8-17(3,9-16)10-21(12)15(22)20-11-4-5-13(18)14(19)6-11/h4-6,12H,7-10H2,1-3H3,(H,20,22)/t12-,17+/m1/s1. The van der Waals surface area contributed by atoms with Crippen molar-refractivity contribution in [1.29, 1.82) is 0 Å². The molecule has 0 radical (unpaired) electrons. The molecule has 1 aromatic rings. The van der Waals surface area contributed by atoms with E-state index in [1.807, 2.05) is 0 Å². The average Bonchev–Trinajstić information content (AvgIpc) is 2.63. The Morgan fingerprint density at radius 1 is 1.36 bits per heavy atom. The quantitative estimate of drug-likeness (QED) is 0.718. The number of hydrogen-bond acceptors (Lipinski definition) is 1. The summed E-state index contributed by atoms with van der Waals surface area (Å²) in [5.41, 5.74) is 1.33. The summed E-state index contributed by atoms with van der Waals surface area (Å²) in [6, 6.07) is 5.17. The Morgan fingerprint density at radius 3 is 2.77 bits per heavy atom. The van der Waals surface area contributed by atoms with Gasteiger partial charge in [-0.1, -0.05) is 32.4 Å². The lowest BCUT2D eigenvalue weighted by Crippen LogP contribution is -2.39. The van der Waals surface area contributed by atoms with Crippen LogP contribution in [0.25, 0.3) is 0 Å². The minimum atomic E-state index is -0.428. The van der Waals surface area contributed by atoms with Gasteiger partial charge >= 0.3 is 0 Å². The Bertz CT molecular complexity index is 619. The van der Waals surface area contributed by atoms with Gasteiger partial charge in [0.25, 0.3) is 0 Å². The van der Waals surface area contributed by atoms with Crippen molar-refractivity contribution in [2.45, 2.75) is 46.1 Å². The number of benzene rings is 1. The Balaban J connectivity index is 1.74. The van der Waals surface area contributed by atoms with E-state index in [0.717, 1.165) is 13.0 Å². The van der Waals surface area contributed by atoms with E-state index in [1.54, 1.807) is 12.1 Å². The Morgan fingerprint density at radius 2 is 2.09 bits per heavy atom. The predicted octanol–water partition coefficient (Wildman–Crippen LogP) is 5.08. The van der Waals surface area contributed by atoms with Gasteiger partial charge in [-0.05, 0) is 60.5 Å². The van der Waals surface area contributed by atoms with Crippen LogP contribution in [0.5, 0.6) is 0 Å². The van der Waals surface area contributed by atoms with Crippen LogP contribution in [0.4, 0.5) is 10.1 Å². The Labute approximate surface area is 142 Å². The fourth-order valence-corrected chi connectivity index (χ4v) is 4.92. The molecule has 1 saturated heterocycles. The summed E-state index contributed by atoms with van der Waals surface area (Å²) in [4.78, 5) is 2.29. The van der Waals surface area contributed by atoms with Gasteiger partial charge in [0.15, 0.2) is 5.11 Å². The largest absolute Gasteiger partial charge is 0.345 e. The molecule has 2 atom stereocenters. The van der Waals surface area contributed by atoms with Crippen molar-refractivity contribution in [1.82, 2.24) is 4.90 Å². The zero-order valence-electron chi connectivity index (χ0n) is 13.2. The van der Waals surface area contributed by atoms with Gasteiger partial charge in [-0.3, -0.25) is 0 Å². The Kier molecular flexibility index (Phi) is 3.89. The number of nitrogens with zero attached hydrogens (tertiary/aromatic N) is 1. The Hall–Kier alpha value is -0.870. The van der Waals surface area contributed by atoms with E-state index in [1.165, 1.54) is 18.9 Å². The van der Waals surface area contributed by atoms with Crippen LogP contribution in [0.15, 0.2) is 18.2 Å². The number of fused-ring (bicyclic) bond motifs is 2. The van der Waals surface area contributed by atoms with E-state index in [4.69, 9.17) is 23.8 Å². The number of hydrogen-bond donors (Lipinski definition) is 1. The molecule has 1 aromatic carbocycles. The molecule has 0 spiro atoms. The van der Waals surface area contributed by atoms with Gasteiger partial charge < -0.3 is 10.2 Å². The van der Waals surface area contributed by atoms with E-state index in [0.29, 0.717) is 27.7 Å². The van der Waals surface area contributed by atoms with Crippen LogP contribution in [0.2, 0.25) is 5.02 Å². The molecule has 5 heteroatoms. The maximum atomic E-state index is 13.6. The maximum absolute atomic E-state index is 13.6. The van der Waals surface area contributed by atoms with Crippen molar-refractivity contribution in [2.24, 2.45) is 10.8 Å². The van der Waals surface area contributed by atoms with E-state index < -0.39 is 5.82 Å². The first-order valence-electron chi connectivity index (χ1n) is 7.70. The molecule has 2 fully saturated rings. The third-order valence-corrected chi connectivity index (χ3v) is 5.49. The van der Waals surface area contributed by atoms with Gasteiger partial charge in [-0.2, -0.15) is 0 Å². The zero-order chi connectivity index (χ0) is 16.1. The monoisotopic (exact) mass is 340 g/mol. The molecule has 0 unspecified atom stereocenters. The van der Waals surface area contributed by atoms with Crippen LogP contribution in [0.1, 0.15) is 40.0 Å². The number of halogens is 2. The summed E-state index contributed by atoms with van der Waals surface area (Å²) in [5.74, 6) is -0.428. The molecule has 1 aliphatic carbocycles. The van der Waals surface area contributed by atoms with Gasteiger partial charge in [-0.15, -0.1) is 0 Å². The van der Waals surface area contributed by atoms with Crippen molar-refractivity contribution in [3.8, 4) is 0 Å². The molecule has 0 amide bonds. The van der Waals surface area contributed by atoms with Crippen molar-refractivity contribution < 1.29 is 4.39 Å². The third-order valence-electron chi connectivity index (χ3n) is 4.85. The molecule has 2 bridgehead atoms. The van der Waals surface area contributed by atoms with Gasteiger partial charge in [0, 0.05) is 18.3 Å². The summed E-state index contributed by atoms with van der Waals surface area (Å²) < 4.78 is 13.6. The molecule has 3 rings (SSSR count). The summed E-state index contributed by atoms with van der Waals surface area (Å²) in [7, 11) is 0. The van der Waals surface area contributed by atoms with Crippen LogP contribution in [-0.4, -0.2) is 22.6 Å². The van der Waals surface area contributed by atoms with Crippen LogP contribution < -0.4 is 5.32 Å². The zero-order valence-corrected chi connectivity index (χ0v) is 14.8. The second kappa shape index (κ2) is 5.34. The van der Waals surface area contributed by atoms with Crippen molar-refractivity contribution in [3.05, 3.63) is 29.0 Å². The van der Waals surface area contributed by atoms with Crippen LogP contribution in [0, 0.1) is 16.6 Å². The first kappa shape index (κ1) is 16.0. The number of anilines is 1. The summed E-state index contributed by atoms with van der Waals surface area (Å²) in [6.07, 6.45) is 3.57. The molecule has 2 aliphatic rings. The van der Waals surface area contributed by atoms with E-state index in [-0.39, 0.29) is 5.02 Å². The highest BCUT2D eigenvalue weighted by atomic mass is 35.5. The normalized spacial score (nSPS) is 29.5. The maximum Gasteiger partial charge on any atom is 0.173 e. The van der Waals surface area contributed by atoms with Gasteiger partial charge in [0.1, 0.15) is 5.82 Å². The number of thiocarbonyl (C=S) groups is 1. The smallest absolute Gasteiger partial charge is 0.173 e. The van der Waals surface area contributed by atoms with Crippen LogP contribution in [-0.2, 0) is 0 Å². The van der Waals surface area contributed by atoms with Crippen molar-refractivity contribution >= 4 is 34.6 Å². The van der Waals surface area contributed by atoms with Gasteiger partial charge in [0.05, 0.1) is 5.02 Å². The van der Waals surface area contributed by atoms with Crippen molar-refractivity contribution in [3.63, 3.8) is 0 Å². The van der Waals surface area contributed by atoms with E-state index in [9.17, 15) is 4.39 Å². The second-order valence-corrected chi connectivity index (χ2v) is 8.69. The number of likely N-dealkylation sites (tertiary alicyclic amines) is 1. The molecule has 22 heavy (non-hydrogen) atoms. The minimum Gasteiger partial charge on any atom is -0.345 e. The SMILES string of the molecule is CC1(C)C[C@@H]2C[C@](C)(CN2C(=S)Nc2ccc(Cl)c(F)c2)C1. The molecule has 2 nitrogen and oxygen atoms in total. The molecule has 0 aromatic heterocycles. The molecular weight excluding hydrogens is 319 g/mol. The highest BCUT2D eigenvalue weighted by Gasteiger charge is 2.50. The van der Waals surface area contributed by atoms with Crippen molar-refractivity contribution in [2.75, 3.05) is 11.9 Å². The lowest BCUT2D eigenvalue weighted by molar-refractivity contribution is 0.132. The first-order chi connectivity index (χ1) is 10.2. The third kappa shape index (κ3) is 3.09. The minimum absolute atomic E-state index is 0.128.